The summed E-state index contributed by atoms with van der Waals surface area (Å²) in [4.78, 5) is 22.6. The number of benzene rings is 1. The number of amides is 1. The van der Waals surface area contributed by atoms with Crippen LogP contribution >= 0.6 is 0 Å². The molecular formula is C27H26F3N5O3. The van der Waals surface area contributed by atoms with Crippen LogP contribution in [0.1, 0.15) is 34.2 Å². The lowest BCUT2D eigenvalue weighted by atomic mass is 10.00. The number of nitrogens with two attached hydrogens (primary N) is 1. The Labute approximate surface area is 217 Å². The zero-order valence-electron chi connectivity index (χ0n) is 20.8. The molecule has 0 spiro atoms. The van der Waals surface area contributed by atoms with Crippen molar-refractivity contribution in [3.8, 4) is 23.0 Å². The number of nitrogens with zero attached hydrogens (tertiary/aromatic N) is 3. The number of carbonyl (C=O) groups is 1. The minimum absolute atomic E-state index is 0.163. The number of halogens is 3. The van der Waals surface area contributed by atoms with Crippen LogP contribution in [0, 0.1) is 18.8 Å². The van der Waals surface area contributed by atoms with Crippen LogP contribution in [-0.2, 0) is 10.9 Å². The van der Waals surface area contributed by atoms with Crippen LogP contribution in [0.4, 0.5) is 24.5 Å². The first-order chi connectivity index (χ1) is 17.9. The van der Waals surface area contributed by atoms with Gasteiger partial charge in [-0.3, -0.25) is 15.5 Å². The van der Waals surface area contributed by atoms with Gasteiger partial charge in [0.05, 0.1) is 18.9 Å². The molecule has 1 aliphatic rings. The van der Waals surface area contributed by atoms with Crippen molar-refractivity contribution in [2.75, 3.05) is 36.5 Å². The predicted molar refractivity (Wildman–Crippen MR) is 136 cm³/mol. The molecule has 0 saturated carbocycles. The van der Waals surface area contributed by atoms with Gasteiger partial charge in [0.1, 0.15) is 11.4 Å². The summed E-state index contributed by atoms with van der Waals surface area (Å²) in [5, 5.41) is 12.5. The Hall–Kier alpha value is -3.98. The third-order valence-electron chi connectivity index (χ3n) is 5.77. The van der Waals surface area contributed by atoms with Gasteiger partial charge in [-0.25, -0.2) is 4.98 Å². The molecule has 3 heterocycles. The second-order valence-electron chi connectivity index (χ2n) is 9.00. The summed E-state index contributed by atoms with van der Waals surface area (Å²) in [5.41, 5.74) is 6.61. The van der Waals surface area contributed by atoms with Crippen molar-refractivity contribution < 1.29 is 27.8 Å². The van der Waals surface area contributed by atoms with E-state index in [4.69, 9.17) is 10.5 Å². The molecule has 38 heavy (non-hydrogen) atoms. The minimum atomic E-state index is -4.66. The predicted octanol–water partition coefficient (Wildman–Crippen LogP) is 3.58. The quantitative estimate of drug-likeness (QED) is 0.353. The number of anilines is 2. The third kappa shape index (κ3) is 6.66. The van der Waals surface area contributed by atoms with E-state index in [0.717, 1.165) is 28.6 Å². The highest BCUT2D eigenvalue weighted by Gasteiger charge is 2.33. The fourth-order valence-corrected chi connectivity index (χ4v) is 3.87. The van der Waals surface area contributed by atoms with Crippen LogP contribution < -0.4 is 16.0 Å². The zero-order chi connectivity index (χ0) is 27.5. The number of aryl methyl sites for hydroxylation is 1. The monoisotopic (exact) mass is 525 g/mol. The summed E-state index contributed by atoms with van der Waals surface area (Å²) >= 11 is 0. The molecule has 11 heteroatoms. The van der Waals surface area contributed by atoms with Crippen molar-refractivity contribution >= 4 is 17.3 Å². The average molecular weight is 526 g/mol. The highest BCUT2D eigenvalue weighted by atomic mass is 19.4. The molecule has 1 fully saturated rings. The van der Waals surface area contributed by atoms with E-state index in [9.17, 15) is 23.1 Å². The largest absolute Gasteiger partial charge is 0.433 e. The summed E-state index contributed by atoms with van der Waals surface area (Å²) in [6, 6.07) is 9.04. The highest BCUT2D eigenvalue weighted by molar-refractivity contribution is 6.04. The first-order valence-electron chi connectivity index (χ1n) is 11.7. The molecule has 0 aliphatic carbocycles. The van der Waals surface area contributed by atoms with E-state index < -0.39 is 23.5 Å². The lowest BCUT2D eigenvalue weighted by Gasteiger charge is -2.29. The van der Waals surface area contributed by atoms with Crippen molar-refractivity contribution in [1.82, 2.24) is 9.97 Å². The topological polar surface area (TPSA) is 114 Å². The Kier molecular flexibility index (Phi) is 7.68. The average Bonchev–Trinajstić information content (AvgIpc) is 2.88. The molecule has 4 N–H and O–H groups in total. The van der Waals surface area contributed by atoms with Gasteiger partial charge < -0.3 is 20.1 Å². The van der Waals surface area contributed by atoms with Gasteiger partial charge >= 0.3 is 6.18 Å². The lowest BCUT2D eigenvalue weighted by molar-refractivity contribution is -0.141. The van der Waals surface area contributed by atoms with Crippen molar-refractivity contribution in [1.29, 1.82) is 0 Å². The number of alkyl halides is 3. The summed E-state index contributed by atoms with van der Waals surface area (Å²) in [6.45, 7) is 5.60. The number of morpholine rings is 1. The maximum absolute atomic E-state index is 13.0. The Morgan fingerprint density at radius 1 is 1.16 bits per heavy atom. The first-order valence-corrected chi connectivity index (χ1v) is 11.7. The number of aliphatic hydroxyl groups is 1. The fraction of sp³-hybridized carbons (Fsp3) is 0.296. The van der Waals surface area contributed by atoms with Crippen molar-refractivity contribution in [2.24, 2.45) is 5.73 Å². The van der Waals surface area contributed by atoms with Gasteiger partial charge in [-0.15, -0.1) is 0 Å². The molecule has 1 saturated heterocycles. The number of carbonyl (C=O) groups excluding carboxylic acids is 1. The lowest BCUT2D eigenvalue weighted by Crippen LogP contribution is -2.37. The van der Waals surface area contributed by atoms with Gasteiger partial charge in [0.2, 0.25) is 0 Å². The van der Waals surface area contributed by atoms with E-state index in [-0.39, 0.29) is 5.56 Å². The smallest absolute Gasteiger partial charge is 0.378 e. The summed E-state index contributed by atoms with van der Waals surface area (Å²) < 4.78 is 44.5. The molecule has 198 valence electrons. The van der Waals surface area contributed by atoms with Crippen LogP contribution in [0.25, 0.3) is 11.1 Å². The molecule has 4 rings (SSSR count). The molecular weight excluding hydrogens is 499 g/mol. The van der Waals surface area contributed by atoms with Gasteiger partial charge in [-0.05, 0) is 67.1 Å². The number of nitrogens with one attached hydrogen (secondary N) is 1. The van der Waals surface area contributed by atoms with Crippen molar-refractivity contribution in [3.05, 3.63) is 71.3 Å². The second-order valence-corrected chi connectivity index (χ2v) is 9.00. The Balaban J connectivity index is 1.67. The third-order valence-corrected chi connectivity index (χ3v) is 5.77. The van der Waals surface area contributed by atoms with Gasteiger partial charge in [0.15, 0.2) is 5.72 Å². The highest BCUT2D eigenvalue weighted by Crippen LogP contribution is 2.32. The fourth-order valence-electron chi connectivity index (χ4n) is 3.87. The number of ether oxygens (including phenoxy) is 1. The Bertz CT molecular complexity index is 1400. The maximum atomic E-state index is 13.0. The normalized spacial score (nSPS) is 15.3. The Morgan fingerprint density at radius 2 is 1.89 bits per heavy atom. The molecule has 3 aromatic rings. The van der Waals surface area contributed by atoms with Gasteiger partial charge in [0, 0.05) is 42.3 Å². The number of hydrogen-bond donors (Lipinski definition) is 3. The molecule has 0 radical (unpaired) electrons. The summed E-state index contributed by atoms with van der Waals surface area (Å²) in [5.74, 6) is 4.75. The molecule has 1 aliphatic heterocycles. The molecule has 1 aromatic carbocycles. The SMILES string of the molecule is Cc1ccc(NC(=O)c2ccnc(C(F)(F)F)c2)cc1-c1cnc(C#CC(C)(N)O)c(N2CCOCC2)c1. The Morgan fingerprint density at radius 3 is 2.58 bits per heavy atom. The zero-order valence-corrected chi connectivity index (χ0v) is 20.8. The standard InChI is InChI=1S/C27H26F3N5O3/c1-17-3-4-20(34-25(36)18-6-8-32-24(14-18)27(28,29)30)15-21(17)19-13-23(35-9-11-38-12-10-35)22(33-16-19)5-7-26(2,31)37/h3-4,6,8,13-16,37H,9-12,31H2,1-2H3,(H,34,36). The van der Waals surface area contributed by atoms with E-state index in [1.807, 2.05) is 13.0 Å². The number of aromatic nitrogens is 2. The van der Waals surface area contributed by atoms with Crippen molar-refractivity contribution in [2.45, 2.75) is 25.7 Å². The molecule has 2 aromatic heterocycles. The number of pyridine rings is 2. The first kappa shape index (κ1) is 27.1. The van der Waals surface area contributed by atoms with Crippen molar-refractivity contribution in [3.63, 3.8) is 0 Å². The van der Waals surface area contributed by atoms with E-state index in [1.165, 1.54) is 13.0 Å². The molecule has 1 amide bonds. The molecule has 0 bridgehead atoms. The molecule has 1 unspecified atom stereocenters. The second kappa shape index (κ2) is 10.8. The number of rotatable bonds is 4. The van der Waals surface area contributed by atoms with Gasteiger partial charge in [-0.1, -0.05) is 6.07 Å². The van der Waals surface area contributed by atoms with Crippen LogP contribution in [0.3, 0.4) is 0 Å². The van der Waals surface area contributed by atoms with E-state index in [1.54, 1.807) is 24.4 Å². The van der Waals surface area contributed by atoms with E-state index in [2.05, 4.69) is 32.0 Å². The van der Waals surface area contributed by atoms with Crippen LogP contribution in [0.2, 0.25) is 0 Å². The van der Waals surface area contributed by atoms with Gasteiger partial charge in [-0.2, -0.15) is 13.2 Å². The maximum Gasteiger partial charge on any atom is 0.433 e. The molecule has 1 atom stereocenters. The summed E-state index contributed by atoms with van der Waals surface area (Å²) in [6.07, 6.45) is -2.08. The summed E-state index contributed by atoms with van der Waals surface area (Å²) in [7, 11) is 0. The van der Waals surface area contributed by atoms with E-state index >= 15 is 0 Å². The van der Waals surface area contributed by atoms with Crippen LogP contribution in [0.5, 0.6) is 0 Å². The number of hydrogen-bond acceptors (Lipinski definition) is 7. The van der Waals surface area contributed by atoms with Crippen LogP contribution in [-0.4, -0.2) is 53.0 Å². The minimum Gasteiger partial charge on any atom is -0.378 e. The van der Waals surface area contributed by atoms with Gasteiger partial charge in [0.25, 0.3) is 5.91 Å². The van der Waals surface area contributed by atoms with E-state index in [0.29, 0.717) is 43.8 Å². The van der Waals surface area contributed by atoms with Crippen LogP contribution in [0.15, 0.2) is 48.8 Å². The molecule has 8 nitrogen and oxygen atoms in total.